The van der Waals surface area contributed by atoms with Crippen molar-refractivity contribution in [1.82, 2.24) is 9.97 Å². The zero-order chi connectivity index (χ0) is 18.7. The molecule has 5 nitrogen and oxygen atoms in total. The molecule has 1 amide bonds. The number of carbonyl (C=O) groups is 1. The molecule has 0 bridgehead atoms. The first-order valence-corrected chi connectivity index (χ1v) is 9.12. The van der Waals surface area contributed by atoms with Gasteiger partial charge in [-0.05, 0) is 59.7 Å². The maximum atomic E-state index is 12.9. The second kappa shape index (κ2) is 7.77. The van der Waals surface area contributed by atoms with Gasteiger partial charge in [0, 0.05) is 35.0 Å². The number of amides is 1. The highest BCUT2D eigenvalue weighted by Crippen LogP contribution is 2.33. The summed E-state index contributed by atoms with van der Waals surface area (Å²) in [6, 6.07) is 5.08. The van der Waals surface area contributed by atoms with Gasteiger partial charge in [0.2, 0.25) is 11.9 Å². The number of anilines is 2. The number of halogens is 4. The highest BCUT2D eigenvalue weighted by atomic mass is 127. The van der Waals surface area contributed by atoms with Gasteiger partial charge in [-0.3, -0.25) is 4.79 Å². The molecule has 1 N–H and O–H groups in total. The van der Waals surface area contributed by atoms with Gasteiger partial charge in [-0.25, -0.2) is 9.97 Å². The van der Waals surface area contributed by atoms with Crippen LogP contribution in [0.4, 0.5) is 24.8 Å². The van der Waals surface area contributed by atoms with E-state index in [9.17, 15) is 18.0 Å². The molecule has 2 heterocycles. The fraction of sp³-hybridized carbons (Fsp3) is 0.353. The summed E-state index contributed by atoms with van der Waals surface area (Å²) in [5, 5.41) is 2.65. The average Bonchev–Trinajstić information content (AvgIpc) is 2.63. The molecule has 0 radical (unpaired) electrons. The lowest BCUT2D eigenvalue weighted by Crippen LogP contribution is -2.39. The number of hydrogen-bond acceptors (Lipinski definition) is 4. The van der Waals surface area contributed by atoms with Gasteiger partial charge in [-0.1, -0.05) is 0 Å². The van der Waals surface area contributed by atoms with Crippen molar-refractivity contribution < 1.29 is 18.0 Å². The number of nitrogens with zero attached hydrogens (tertiary/aromatic N) is 3. The summed E-state index contributed by atoms with van der Waals surface area (Å²) < 4.78 is 39.2. The average molecular weight is 476 g/mol. The van der Waals surface area contributed by atoms with Crippen molar-refractivity contribution in [2.75, 3.05) is 23.3 Å². The van der Waals surface area contributed by atoms with E-state index in [4.69, 9.17) is 0 Å². The van der Waals surface area contributed by atoms with E-state index in [-0.39, 0.29) is 17.5 Å². The quantitative estimate of drug-likeness (QED) is 0.682. The summed E-state index contributed by atoms with van der Waals surface area (Å²) in [7, 11) is 0. The SMILES string of the molecule is O=C(Nc1cc(C(F)(F)F)ccc1I)C1CCN(c2ncccn2)CC1. The summed E-state index contributed by atoms with van der Waals surface area (Å²) in [4.78, 5) is 22.9. The summed E-state index contributed by atoms with van der Waals surface area (Å²) in [5.41, 5.74) is -0.580. The number of hydrogen-bond donors (Lipinski definition) is 1. The van der Waals surface area contributed by atoms with E-state index >= 15 is 0 Å². The van der Waals surface area contributed by atoms with E-state index in [1.54, 1.807) is 18.5 Å². The van der Waals surface area contributed by atoms with Gasteiger partial charge in [0.15, 0.2) is 0 Å². The van der Waals surface area contributed by atoms with Gasteiger partial charge in [-0.2, -0.15) is 13.2 Å². The number of aromatic nitrogens is 2. The van der Waals surface area contributed by atoms with Crippen molar-refractivity contribution in [3.63, 3.8) is 0 Å². The molecule has 0 saturated carbocycles. The van der Waals surface area contributed by atoms with E-state index in [1.807, 2.05) is 27.5 Å². The summed E-state index contributed by atoms with van der Waals surface area (Å²) in [6.07, 6.45) is 0.0809. The second-order valence-corrected chi connectivity index (χ2v) is 7.15. The molecule has 1 fully saturated rings. The summed E-state index contributed by atoms with van der Waals surface area (Å²) in [6.45, 7) is 1.25. The maximum absolute atomic E-state index is 12.9. The maximum Gasteiger partial charge on any atom is 0.416 e. The van der Waals surface area contributed by atoms with Crippen molar-refractivity contribution in [3.05, 3.63) is 45.8 Å². The van der Waals surface area contributed by atoms with E-state index in [1.165, 1.54) is 6.07 Å². The fourth-order valence-corrected chi connectivity index (χ4v) is 3.30. The molecule has 1 saturated heterocycles. The Morgan fingerprint density at radius 2 is 1.85 bits per heavy atom. The van der Waals surface area contributed by atoms with Crippen LogP contribution in [0.25, 0.3) is 0 Å². The Morgan fingerprint density at radius 1 is 1.19 bits per heavy atom. The van der Waals surface area contributed by atoms with Crippen LogP contribution in [-0.2, 0) is 11.0 Å². The summed E-state index contributed by atoms with van der Waals surface area (Å²) >= 11 is 1.91. The van der Waals surface area contributed by atoms with Crippen LogP contribution in [0.3, 0.4) is 0 Å². The minimum Gasteiger partial charge on any atom is -0.341 e. The van der Waals surface area contributed by atoms with Crippen LogP contribution in [0, 0.1) is 9.49 Å². The molecule has 26 heavy (non-hydrogen) atoms. The molecule has 3 rings (SSSR count). The minimum atomic E-state index is -4.44. The molecule has 1 aromatic carbocycles. The molecule has 1 aliphatic heterocycles. The van der Waals surface area contributed by atoms with Crippen LogP contribution in [-0.4, -0.2) is 29.0 Å². The smallest absolute Gasteiger partial charge is 0.341 e. The lowest BCUT2D eigenvalue weighted by Gasteiger charge is -2.31. The molecule has 0 atom stereocenters. The molecule has 2 aromatic rings. The first kappa shape index (κ1) is 18.9. The van der Waals surface area contributed by atoms with Gasteiger partial charge >= 0.3 is 6.18 Å². The molecular formula is C17H16F3IN4O. The normalized spacial score (nSPS) is 15.8. The predicted octanol–water partition coefficient (Wildman–Crippen LogP) is 3.96. The Bertz CT molecular complexity index is 777. The number of benzene rings is 1. The van der Waals surface area contributed by atoms with Crippen LogP contribution in [0.2, 0.25) is 0 Å². The molecule has 0 spiro atoms. The van der Waals surface area contributed by atoms with Crippen molar-refractivity contribution >= 4 is 40.1 Å². The first-order chi connectivity index (χ1) is 12.3. The Balaban J connectivity index is 1.63. The highest BCUT2D eigenvalue weighted by Gasteiger charge is 2.32. The summed E-state index contributed by atoms with van der Waals surface area (Å²) in [5.74, 6) is 0.120. The van der Waals surface area contributed by atoms with Crippen molar-refractivity contribution in [2.24, 2.45) is 5.92 Å². The number of carbonyl (C=O) groups excluding carboxylic acids is 1. The minimum absolute atomic E-state index is 0.194. The Morgan fingerprint density at radius 3 is 2.46 bits per heavy atom. The van der Waals surface area contributed by atoms with E-state index in [2.05, 4.69) is 15.3 Å². The third-order valence-electron chi connectivity index (χ3n) is 4.25. The monoisotopic (exact) mass is 476 g/mol. The van der Waals surface area contributed by atoms with Crippen molar-refractivity contribution in [1.29, 1.82) is 0 Å². The van der Waals surface area contributed by atoms with Gasteiger partial charge < -0.3 is 10.2 Å². The van der Waals surface area contributed by atoms with Crippen LogP contribution < -0.4 is 10.2 Å². The molecule has 0 unspecified atom stereocenters. The van der Waals surface area contributed by atoms with Crippen molar-refractivity contribution in [3.8, 4) is 0 Å². The molecule has 9 heteroatoms. The van der Waals surface area contributed by atoms with Crippen molar-refractivity contribution in [2.45, 2.75) is 19.0 Å². The second-order valence-electron chi connectivity index (χ2n) is 5.99. The zero-order valence-corrected chi connectivity index (χ0v) is 15.8. The van der Waals surface area contributed by atoms with Gasteiger partial charge in [0.25, 0.3) is 0 Å². The van der Waals surface area contributed by atoms with E-state index in [0.717, 1.165) is 12.1 Å². The fourth-order valence-electron chi connectivity index (χ4n) is 2.83. The molecular weight excluding hydrogens is 460 g/mol. The van der Waals surface area contributed by atoms with Gasteiger partial charge in [-0.15, -0.1) is 0 Å². The van der Waals surface area contributed by atoms with Crippen LogP contribution >= 0.6 is 22.6 Å². The van der Waals surface area contributed by atoms with E-state index < -0.39 is 11.7 Å². The van der Waals surface area contributed by atoms with E-state index in [0.29, 0.717) is 35.4 Å². The lowest BCUT2D eigenvalue weighted by molar-refractivity contribution is -0.137. The molecule has 1 aromatic heterocycles. The molecule has 0 aliphatic carbocycles. The van der Waals surface area contributed by atoms with Crippen LogP contribution in [0.15, 0.2) is 36.7 Å². The third-order valence-corrected chi connectivity index (χ3v) is 5.19. The number of piperidine rings is 1. The largest absolute Gasteiger partial charge is 0.416 e. The predicted molar refractivity (Wildman–Crippen MR) is 99.8 cm³/mol. The van der Waals surface area contributed by atoms with Crippen LogP contribution in [0.1, 0.15) is 18.4 Å². The first-order valence-electron chi connectivity index (χ1n) is 8.04. The van der Waals surface area contributed by atoms with Gasteiger partial charge in [0.05, 0.1) is 11.3 Å². The number of nitrogens with one attached hydrogen (secondary N) is 1. The zero-order valence-electron chi connectivity index (χ0n) is 13.6. The molecule has 1 aliphatic rings. The topological polar surface area (TPSA) is 58.1 Å². The molecule has 138 valence electrons. The number of alkyl halides is 3. The Labute approximate surface area is 162 Å². The number of rotatable bonds is 3. The highest BCUT2D eigenvalue weighted by molar-refractivity contribution is 14.1. The lowest BCUT2D eigenvalue weighted by atomic mass is 9.96. The third kappa shape index (κ3) is 4.43. The Hall–Kier alpha value is -1.91. The van der Waals surface area contributed by atoms with Crippen LogP contribution in [0.5, 0.6) is 0 Å². The standard InChI is InChI=1S/C17H16F3IN4O/c18-17(19,20)12-2-3-13(21)14(10-12)24-15(26)11-4-8-25(9-5-11)16-22-6-1-7-23-16/h1-3,6-7,10-11H,4-5,8-9H2,(H,24,26). The van der Waals surface area contributed by atoms with Gasteiger partial charge in [0.1, 0.15) is 0 Å². The Kier molecular flexibility index (Phi) is 5.64.